The summed E-state index contributed by atoms with van der Waals surface area (Å²) in [7, 11) is 1.72. The number of rotatable bonds is 1. The number of likely N-dealkylation sites (tertiary alicyclic amines) is 1. The standard InChI is InChI=1S/C15H22N2O2/c1-11-10-12(2)16(3)14(18)13(11)15(19)17-8-6-4-5-7-9-17/h10H,4-9H2,1-3H3. The molecule has 0 spiro atoms. The van der Waals surface area contributed by atoms with Crippen LogP contribution in [0.2, 0.25) is 0 Å². The number of amides is 1. The molecule has 1 aliphatic heterocycles. The van der Waals surface area contributed by atoms with Gasteiger partial charge in [0.25, 0.3) is 11.5 Å². The molecule has 0 bridgehead atoms. The molecular formula is C15H22N2O2. The summed E-state index contributed by atoms with van der Waals surface area (Å²) >= 11 is 0. The zero-order valence-corrected chi connectivity index (χ0v) is 12.0. The Morgan fingerprint density at radius 3 is 2.26 bits per heavy atom. The normalized spacial score (nSPS) is 16.3. The van der Waals surface area contributed by atoms with Crippen molar-refractivity contribution in [2.75, 3.05) is 13.1 Å². The van der Waals surface area contributed by atoms with E-state index in [2.05, 4.69) is 0 Å². The van der Waals surface area contributed by atoms with Crippen LogP contribution in [0.15, 0.2) is 10.9 Å². The van der Waals surface area contributed by atoms with Gasteiger partial charge < -0.3 is 9.47 Å². The largest absolute Gasteiger partial charge is 0.338 e. The van der Waals surface area contributed by atoms with Crippen molar-refractivity contribution in [2.45, 2.75) is 39.5 Å². The molecular weight excluding hydrogens is 240 g/mol. The Hall–Kier alpha value is -1.58. The van der Waals surface area contributed by atoms with Crippen molar-refractivity contribution in [3.8, 4) is 0 Å². The highest BCUT2D eigenvalue weighted by atomic mass is 16.2. The molecule has 1 amide bonds. The number of aromatic nitrogens is 1. The van der Waals surface area contributed by atoms with E-state index < -0.39 is 0 Å². The van der Waals surface area contributed by atoms with Gasteiger partial charge in [-0.05, 0) is 38.3 Å². The van der Waals surface area contributed by atoms with Crippen LogP contribution < -0.4 is 5.56 Å². The quantitative estimate of drug-likeness (QED) is 0.777. The summed E-state index contributed by atoms with van der Waals surface area (Å²) in [6.07, 6.45) is 4.43. The minimum absolute atomic E-state index is 0.0972. The SMILES string of the molecule is Cc1cc(C)n(C)c(=O)c1C(=O)N1CCCCCC1. The van der Waals surface area contributed by atoms with Gasteiger partial charge in [0.1, 0.15) is 5.56 Å². The number of pyridine rings is 1. The van der Waals surface area contributed by atoms with Crippen LogP contribution in [-0.2, 0) is 7.05 Å². The highest BCUT2D eigenvalue weighted by Crippen LogP contribution is 2.14. The first-order chi connectivity index (χ1) is 9.02. The summed E-state index contributed by atoms with van der Waals surface area (Å²) in [4.78, 5) is 26.7. The third kappa shape index (κ3) is 2.72. The van der Waals surface area contributed by atoms with Gasteiger partial charge in [-0.15, -0.1) is 0 Å². The molecule has 1 saturated heterocycles. The van der Waals surface area contributed by atoms with Crippen molar-refractivity contribution in [1.29, 1.82) is 0 Å². The summed E-state index contributed by atoms with van der Waals surface area (Å²) < 4.78 is 1.55. The van der Waals surface area contributed by atoms with Crippen LogP contribution >= 0.6 is 0 Å². The molecule has 0 N–H and O–H groups in total. The Kier molecular flexibility index (Phi) is 4.08. The van der Waals surface area contributed by atoms with Crippen LogP contribution in [0.4, 0.5) is 0 Å². The van der Waals surface area contributed by atoms with E-state index in [0.717, 1.165) is 37.2 Å². The second kappa shape index (κ2) is 5.59. The predicted octanol–water partition coefficient (Wildman–Crippen LogP) is 2.02. The molecule has 0 unspecified atom stereocenters. The number of hydrogen-bond acceptors (Lipinski definition) is 2. The van der Waals surface area contributed by atoms with Gasteiger partial charge in [0, 0.05) is 25.8 Å². The van der Waals surface area contributed by atoms with Gasteiger partial charge in [-0.2, -0.15) is 0 Å². The first kappa shape index (κ1) is 13.8. The maximum Gasteiger partial charge on any atom is 0.263 e. The van der Waals surface area contributed by atoms with Gasteiger partial charge in [0.15, 0.2) is 0 Å². The van der Waals surface area contributed by atoms with Crippen molar-refractivity contribution in [3.05, 3.63) is 33.2 Å². The first-order valence-corrected chi connectivity index (χ1v) is 6.99. The number of carbonyl (C=O) groups excluding carboxylic acids is 1. The van der Waals surface area contributed by atoms with E-state index in [4.69, 9.17) is 0 Å². The van der Waals surface area contributed by atoms with Crippen molar-refractivity contribution >= 4 is 5.91 Å². The first-order valence-electron chi connectivity index (χ1n) is 6.99. The van der Waals surface area contributed by atoms with Crippen molar-refractivity contribution in [2.24, 2.45) is 7.05 Å². The fraction of sp³-hybridized carbons (Fsp3) is 0.600. The van der Waals surface area contributed by atoms with Crippen LogP contribution in [0.5, 0.6) is 0 Å². The molecule has 1 fully saturated rings. The Labute approximate surface area is 114 Å². The van der Waals surface area contributed by atoms with Gasteiger partial charge in [-0.3, -0.25) is 9.59 Å². The summed E-state index contributed by atoms with van der Waals surface area (Å²) in [6.45, 7) is 5.28. The minimum atomic E-state index is -0.174. The second-order valence-corrected chi connectivity index (χ2v) is 5.41. The molecule has 104 valence electrons. The molecule has 0 aromatic carbocycles. The second-order valence-electron chi connectivity index (χ2n) is 5.41. The molecule has 1 aromatic rings. The van der Waals surface area contributed by atoms with Gasteiger partial charge in [0.05, 0.1) is 0 Å². The lowest BCUT2D eigenvalue weighted by Gasteiger charge is -2.21. The average molecular weight is 262 g/mol. The van der Waals surface area contributed by atoms with Crippen LogP contribution in [0.1, 0.15) is 47.3 Å². The highest BCUT2D eigenvalue weighted by molar-refractivity contribution is 5.95. The summed E-state index contributed by atoms with van der Waals surface area (Å²) in [5.74, 6) is -0.0972. The fourth-order valence-electron chi connectivity index (χ4n) is 2.67. The van der Waals surface area contributed by atoms with Crippen molar-refractivity contribution in [1.82, 2.24) is 9.47 Å². The lowest BCUT2D eigenvalue weighted by molar-refractivity contribution is 0.0758. The van der Waals surface area contributed by atoms with Gasteiger partial charge in [0.2, 0.25) is 0 Å². The molecule has 19 heavy (non-hydrogen) atoms. The Morgan fingerprint density at radius 1 is 1.11 bits per heavy atom. The van der Waals surface area contributed by atoms with Crippen molar-refractivity contribution < 1.29 is 4.79 Å². The number of nitrogens with zero attached hydrogens (tertiary/aromatic N) is 2. The number of aryl methyl sites for hydroxylation is 2. The van der Waals surface area contributed by atoms with Crippen LogP contribution in [0, 0.1) is 13.8 Å². The molecule has 4 nitrogen and oxygen atoms in total. The lowest BCUT2D eigenvalue weighted by Crippen LogP contribution is -2.38. The van der Waals surface area contributed by atoms with E-state index in [1.165, 1.54) is 12.8 Å². The average Bonchev–Trinajstić information content (AvgIpc) is 2.64. The Balaban J connectivity index is 2.38. The maximum absolute atomic E-state index is 12.6. The molecule has 0 saturated carbocycles. The number of carbonyl (C=O) groups is 1. The molecule has 0 radical (unpaired) electrons. The molecule has 2 heterocycles. The molecule has 1 aromatic heterocycles. The molecule has 2 rings (SSSR count). The minimum Gasteiger partial charge on any atom is -0.338 e. The zero-order valence-electron chi connectivity index (χ0n) is 12.0. The summed E-state index contributed by atoms with van der Waals surface area (Å²) in [5, 5.41) is 0. The van der Waals surface area contributed by atoms with Crippen LogP contribution in [-0.4, -0.2) is 28.5 Å². The van der Waals surface area contributed by atoms with Gasteiger partial charge in [-0.1, -0.05) is 12.8 Å². The predicted molar refractivity (Wildman–Crippen MR) is 75.5 cm³/mol. The van der Waals surface area contributed by atoms with Gasteiger partial charge in [-0.25, -0.2) is 0 Å². The van der Waals surface area contributed by atoms with E-state index >= 15 is 0 Å². The smallest absolute Gasteiger partial charge is 0.263 e. The van der Waals surface area contributed by atoms with E-state index in [1.807, 2.05) is 24.8 Å². The van der Waals surface area contributed by atoms with Gasteiger partial charge >= 0.3 is 0 Å². The highest BCUT2D eigenvalue weighted by Gasteiger charge is 2.22. The zero-order chi connectivity index (χ0) is 14.0. The van der Waals surface area contributed by atoms with Crippen molar-refractivity contribution in [3.63, 3.8) is 0 Å². The van der Waals surface area contributed by atoms with E-state index in [0.29, 0.717) is 5.56 Å². The fourth-order valence-corrected chi connectivity index (χ4v) is 2.67. The Morgan fingerprint density at radius 2 is 1.68 bits per heavy atom. The Bertz CT molecular complexity index is 538. The third-order valence-electron chi connectivity index (χ3n) is 3.97. The van der Waals surface area contributed by atoms with E-state index in [9.17, 15) is 9.59 Å². The van der Waals surface area contributed by atoms with Crippen LogP contribution in [0.25, 0.3) is 0 Å². The summed E-state index contributed by atoms with van der Waals surface area (Å²) in [5.41, 5.74) is 1.84. The van der Waals surface area contributed by atoms with Crippen LogP contribution in [0.3, 0.4) is 0 Å². The maximum atomic E-state index is 12.6. The third-order valence-corrected chi connectivity index (χ3v) is 3.97. The topological polar surface area (TPSA) is 42.3 Å². The van der Waals surface area contributed by atoms with E-state index in [-0.39, 0.29) is 11.5 Å². The molecule has 0 atom stereocenters. The monoisotopic (exact) mass is 262 g/mol. The molecule has 4 heteroatoms. The lowest BCUT2D eigenvalue weighted by atomic mass is 10.1. The van der Waals surface area contributed by atoms with E-state index in [1.54, 1.807) is 11.6 Å². The molecule has 1 aliphatic rings. The number of hydrogen-bond donors (Lipinski definition) is 0. The molecule has 0 aliphatic carbocycles. The summed E-state index contributed by atoms with van der Waals surface area (Å²) in [6, 6.07) is 1.91.